The molecule has 1 fully saturated rings. The van der Waals surface area contributed by atoms with Gasteiger partial charge in [-0.15, -0.1) is 0 Å². The highest BCUT2D eigenvalue weighted by atomic mass is 19.4. The molecule has 0 bridgehead atoms. The summed E-state index contributed by atoms with van der Waals surface area (Å²) in [6.07, 6.45) is -2.15. The van der Waals surface area contributed by atoms with Crippen LogP contribution in [0.1, 0.15) is 35.6 Å². The second-order valence-corrected chi connectivity index (χ2v) is 7.09. The zero-order valence-corrected chi connectivity index (χ0v) is 14.3. The predicted molar refractivity (Wildman–Crippen MR) is 87.6 cm³/mol. The summed E-state index contributed by atoms with van der Waals surface area (Å²) in [5.74, 6) is -5.19. The number of hydrogen-bond acceptors (Lipinski definition) is 2. The lowest BCUT2D eigenvalue weighted by Gasteiger charge is -2.29. The van der Waals surface area contributed by atoms with E-state index < -0.39 is 43.1 Å². The number of urea groups is 1. The molecule has 0 radical (unpaired) electrons. The van der Waals surface area contributed by atoms with E-state index in [9.17, 15) is 22.8 Å². The number of rotatable bonds is 2. The fourth-order valence-corrected chi connectivity index (χ4v) is 3.86. The fourth-order valence-electron chi connectivity index (χ4n) is 3.86. The van der Waals surface area contributed by atoms with E-state index in [2.05, 4.69) is 5.32 Å². The summed E-state index contributed by atoms with van der Waals surface area (Å²) in [6.45, 7) is 0.887. The summed E-state index contributed by atoms with van der Waals surface area (Å²) in [5, 5.41) is 11.9. The van der Waals surface area contributed by atoms with Crippen molar-refractivity contribution in [2.75, 3.05) is 13.1 Å². The first-order valence-electron chi connectivity index (χ1n) is 8.61. The lowest BCUT2D eigenvalue weighted by molar-refractivity contribution is -0.187. The van der Waals surface area contributed by atoms with Gasteiger partial charge in [0.05, 0.1) is 17.9 Å². The SMILES string of the molecule is Cc1ccc2c(c1)[C@@H](NC(=O)N1C[C@@H](C(F)(F)F)[C@H](C(=O)O)C1)CCC2. The topological polar surface area (TPSA) is 69.6 Å². The number of aliphatic carboxylic acids is 1. The molecule has 2 aliphatic rings. The summed E-state index contributed by atoms with van der Waals surface area (Å²) in [4.78, 5) is 24.6. The fraction of sp³-hybridized carbons (Fsp3) is 0.556. The van der Waals surface area contributed by atoms with E-state index >= 15 is 0 Å². The van der Waals surface area contributed by atoms with Crippen LogP contribution in [0.3, 0.4) is 0 Å². The van der Waals surface area contributed by atoms with E-state index in [1.54, 1.807) is 0 Å². The molecule has 1 aromatic rings. The van der Waals surface area contributed by atoms with Gasteiger partial charge in [-0.3, -0.25) is 4.79 Å². The molecule has 1 aliphatic heterocycles. The maximum atomic E-state index is 13.1. The van der Waals surface area contributed by atoms with Crippen molar-refractivity contribution in [2.24, 2.45) is 11.8 Å². The Bertz CT molecular complexity index is 720. The third-order valence-electron chi connectivity index (χ3n) is 5.26. The summed E-state index contributed by atoms with van der Waals surface area (Å²) >= 11 is 0. The van der Waals surface area contributed by atoms with Crippen molar-refractivity contribution >= 4 is 12.0 Å². The first-order valence-corrected chi connectivity index (χ1v) is 8.61. The number of likely N-dealkylation sites (tertiary alicyclic amines) is 1. The third-order valence-corrected chi connectivity index (χ3v) is 5.26. The number of halogens is 3. The Balaban J connectivity index is 1.74. The van der Waals surface area contributed by atoms with Crippen molar-refractivity contribution in [3.63, 3.8) is 0 Å². The molecule has 0 unspecified atom stereocenters. The quantitative estimate of drug-likeness (QED) is 0.839. The number of nitrogens with zero attached hydrogens (tertiary/aromatic N) is 1. The van der Waals surface area contributed by atoms with Gasteiger partial charge in [-0.1, -0.05) is 23.8 Å². The van der Waals surface area contributed by atoms with Crippen LogP contribution in [0.5, 0.6) is 0 Å². The molecule has 3 rings (SSSR count). The van der Waals surface area contributed by atoms with Crippen LogP contribution in [0.2, 0.25) is 0 Å². The van der Waals surface area contributed by atoms with Crippen LogP contribution in [-0.2, 0) is 11.2 Å². The zero-order chi connectivity index (χ0) is 19.1. The van der Waals surface area contributed by atoms with Gasteiger partial charge >= 0.3 is 18.2 Å². The number of aryl methyl sites for hydroxylation is 2. The number of carbonyl (C=O) groups excluding carboxylic acids is 1. The van der Waals surface area contributed by atoms with Gasteiger partial charge in [0.2, 0.25) is 0 Å². The smallest absolute Gasteiger partial charge is 0.394 e. The Labute approximate surface area is 149 Å². The Morgan fingerprint density at radius 2 is 2.00 bits per heavy atom. The molecule has 1 heterocycles. The number of alkyl halides is 3. The summed E-state index contributed by atoms with van der Waals surface area (Å²) in [5.41, 5.74) is 3.17. The summed E-state index contributed by atoms with van der Waals surface area (Å²) in [6, 6.07) is 5.09. The van der Waals surface area contributed by atoms with Crippen LogP contribution in [0.4, 0.5) is 18.0 Å². The number of amides is 2. The molecular weight excluding hydrogens is 349 g/mol. The van der Waals surface area contributed by atoms with E-state index in [-0.39, 0.29) is 6.04 Å². The van der Waals surface area contributed by atoms with Crippen LogP contribution in [-0.4, -0.2) is 41.3 Å². The van der Waals surface area contributed by atoms with Gasteiger partial charge in [0.25, 0.3) is 0 Å². The van der Waals surface area contributed by atoms with Crippen LogP contribution in [0.25, 0.3) is 0 Å². The highest BCUT2D eigenvalue weighted by Gasteiger charge is 2.53. The van der Waals surface area contributed by atoms with Crippen LogP contribution in [0, 0.1) is 18.8 Å². The van der Waals surface area contributed by atoms with Crippen molar-refractivity contribution in [2.45, 2.75) is 38.4 Å². The Kier molecular flexibility index (Phi) is 4.86. The van der Waals surface area contributed by atoms with Gasteiger partial charge in [-0.25, -0.2) is 4.79 Å². The van der Waals surface area contributed by atoms with E-state index in [0.717, 1.165) is 34.4 Å². The molecule has 2 N–H and O–H groups in total. The normalized spacial score (nSPS) is 25.7. The Morgan fingerprint density at radius 3 is 2.62 bits per heavy atom. The monoisotopic (exact) mass is 370 g/mol. The molecule has 3 atom stereocenters. The van der Waals surface area contributed by atoms with Gasteiger partial charge in [0.1, 0.15) is 0 Å². The second-order valence-electron chi connectivity index (χ2n) is 7.09. The number of carboxylic acids is 1. The first kappa shape index (κ1) is 18.5. The minimum atomic E-state index is -4.65. The van der Waals surface area contributed by atoms with E-state index in [0.29, 0.717) is 6.42 Å². The van der Waals surface area contributed by atoms with E-state index in [4.69, 9.17) is 5.11 Å². The zero-order valence-electron chi connectivity index (χ0n) is 14.3. The van der Waals surface area contributed by atoms with Crippen molar-refractivity contribution in [1.29, 1.82) is 0 Å². The van der Waals surface area contributed by atoms with Crippen LogP contribution in [0.15, 0.2) is 18.2 Å². The molecule has 2 amide bonds. The molecule has 0 spiro atoms. The van der Waals surface area contributed by atoms with Crippen molar-refractivity contribution < 1.29 is 27.9 Å². The predicted octanol–water partition coefficient (Wildman–Crippen LogP) is 3.28. The number of nitrogens with one attached hydrogen (secondary N) is 1. The van der Waals surface area contributed by atoms with Gasteiger partial charge in [-0.2, -0.15) is 13.2 Å². The summed E-state index contributed by atoms with van der Waals surface area (Å²) < 4.78 is 39.3. The van der Waals surface area contributed by atoms with Crippen LogP contribution < -0.4 is 5.32 Å². The standard InChI is InChI=1S/C18H21F3N2O3/c1-10-5-6-11-3-2-4-15(12(11)7-10)22-17(26)23-8-13(16(24)25)14(9-23)18(19,20)21/h5-7,13-15H,2-4,8-9H2,1H3,(H,22,26)(H,24,25)/t13-,14-,15+/m1/s1. The number of hydrogen-bond donors (Lipinski definition) is 2. The van der Waals surface area contributed by atoms with Gasteiger partial charge in [0.15, 0.2) is 0 Å². The molecule has 0 saturated carbocycles. The number of carboxylic acid groups (broad SMARTS) is 1. The molecule has 0 aromatic heterocycles. The van der Waals surface area contributed by atoms with Crippen molar-refractivity contribution in [3.05, 3.63) is 34.9 Å². The molecule has 142 valence electrons. The number of carbonyl (C=O) groups is 2. The maximum absolute atomic E-state index is 13.1. The molecule has 1 saturated heterocycles. The third kappa shape index (κ3) is 3.64. The second kappa shape index (κ2) is 6.81. The highest BCUT2D eigenvalue weighted by molar-refractivity contribution is 5.78. The molecule has 1 aromatic carbocycles. The summed E-state index contributed by atoms with van der Waals surface area (Å²) in [7, 11) is 0. The Morgan fingerprint density at radius 1 is 1.27 bits per heavy atom. The van der Waals surface area contributed by atoms with E-state index in [1.807, 2.05) is 25.1 Å². The Hall–Kier alpha value is -2.25. The van der Waals surface area contributed by atoms with Gasteiger partial charge in [-0.05, 0) is 37.3 Å². The minimum absolute atomic E-state index is 0.264. The molecule has 1 aliphatic carbocycles. The molecule has 5 nitrogen and oxygen atoms in total. The lowest BCUT2D eigenvalue weighted by Crippen LogP contribution is -2.42. The number of fused-ring (bicyclic) bond motifs is 1. The average Bonchev–Trinajstić information content (AvgIpc) is 3.01. The average molecular weight is 370 g/mol. The maximum Gasteiger partial charge on any atom is 0.394 e. The minimum Gasteiger partial charge on any atom is -0.481 e. The molecular formula is C18H21F3N2O3. The lowest BCUT2D eigenvalue weighted by atomic mass is 9.87. The highest BCUT2D eigenvalue weighted by Crippen LogP contribution is 2.38. The number of benzene rings is 1. The van der Waals surface area contributed by atoms with Crippen LogP contribution >= 0.6 is 0 Å². The van der Waals surface area contributed by atoms with Gasteiger partial charge in [0, 0.05) is 13.1 Å². The van der Waals surface area contributed by atoms with Crippen molar-refractivity contribution in [1.82, 2.24) is 10.2 Å². The first-order chi connectivity index (χ1) is 12.2. The molecule has 8 heteroatoms. The van der Waals surface area contributed by atoms with Gasteiger partial charge < -0.3 is 15.3 Å². The van der Waals surface area contributed by atoms with Crippen molar-refractivity contribution in [3.8, 4) is 0 Å². The molecule has 26 heavy (non-hydrogen) atoms. The largest absolute Gasteiger partial charge is 0.481 e. The van der Waals surface area contributed by atoms with E-state index in [1.165, 1.54) is 0 Å².